The molecule has 0 radical (unpaired) electrons. The molecule has 4 aromatic heterocycles. The maximum Gasteiger partial charge on any atom is 3.00 e. The molecule has 0 spiro atoms. The van der Waals surface area contributed by atoms with Crippen LogP contribution in [0.1, 0.15) is 22.3 Å². The van der Waals surface area contributed by atoms with E-state index in [9.17, 15) is 0 Å². The molecule has 322 valence electrons. The SMILES string of the molecule is [Ir+3].[c-]1cc(CCc2cccc(CCc3ccc(-c4[c-]cccc4)nc3)c2)ccc1-c1ccccn1.[c-]1ccc2c(oc3c4ccccc4ccc23)c1-c1nc2ccccc2n1-c1ccccc1. The number of aromatic nitrogens is 4. The smallest absolute Gasteiger partial charge is 0.500 e. The van der Waals surface area contributed by atoms with Crippen molar-refractivity contribution in [3.05, 3.63) is 253 Å². The third kappa shape index (κ3) is 9.23. The second-order valence-corrected chi connectivity index (χ2v) is 16.4. The summed E-state index contributed by atoms with van der Waals surface area (Å²) in [6.45, 7) is 0. The average molecular weight is 1040 g/mol. The Labute approximate surface area is 403 Å². The number of aryl methyl sites for hydroxylation is 4. The van der Waals surface area contributed by atoms with Crippen LogP contribution in [0, 0.1) is 18.2 Å². The number of hydrogen-bond acceptors (Lipinski definition) is 4. The van der Waals surface area contributed by atoms with Gasteiger partial charge in [0.25, 0.3) is 0 Å². The molecule has 0 aliphatic rings. The molecule has 67 heavy (non-hydrogen) atoms. The second kappa shape index (κ2) is 19.8. The first kappa shape index (κ1) is 43.1. The molecule has 0 unspecified atom stereocenters. The summed E-state index contributed by atoms with van der Waals surface area (Å²) in [6, 6.07) is 78.8. The van der Waals surface area contributed by atoms with Gasteiger partial charge in [0.05, 0.1) is 22.4 Å². The van der Waals surface area contributed by atoms with E-state index in [4.69, 9.17) is 9.40 Å². The predicted octanol–water partition coefficient (Wildman–Crippen LogP) is 14.5. The number of imidazole rings is 1. The van der Waals surface area contributed by atoms with Crippen molar-refractivity contribution in [1.82, 2.24) is 19.5 Å². The molecule has 0 saturated heterocycles. The van der Waals surface area contributed by atoms with E-state index in [0.717, 1.165) is 104 Å². The summed E-state index contributed by atoms with van der Waals surface area (Å²) in [5, 5.41) is 4.47. The Kier molecular flexibility index (Phi) is 12.7. The van der Waals surface area contributed by atoms with Gasteiger partial charge in [-0.2, -0.15) is 0 Å². The van der Waals surface area contributed by atoms with Gasteiger partial charge in [-0.25, -0.2) is 0 Å². The third-order valence-electron chi connectivity index (χ3n) is 12.1. The second-order valence-electron chi connectivity index (χ2n) is 16.4. The zero-order chi connectivity index (χ0) is 44.1. The topological polar surface area (TPSA) is 56.7 Å². The quantitative estimate of drug-likeness (QED) is 0.128. The Bertz CT molecular complexity index is 3470. The minimum Gasteiger partial charge on any atom is -0.500 e. The summed E-state index contributed by atoms with van der Waals surface area (Å²) in [7, 11) is 0. The van der Waals surface area contributed by atoms with Gasteiger partial charge >= 0.3 is 20.1 Å². The van der Waals surface area contributed by atoms with E-state index in [0.29, 0.717) is 0 Å². The van der Waals surface area contributed by atoms with Gasteiger partial charge in [-0.1, -0.05) is 133 Å². The molecule has 4 heterocycles. The van der Waals surface area contributed by atoms with Crippen molar-refractivity contribution in [3.8, 4) is 39.6 Å². The molecule has 0 bridgehead atoms. The standard InChI is InChI=1S/C32H26N2.C29H17N2O.Ir/c1-2-9-29(10-3-1)32-21-18-28(24-34-32)15-14-27-8-6-7-26(23-27)13-12-25-16-19-30(20-17-25)31-11-4-5-22-33-31;1-2-10-20(11-3-1)31-26-16-7-6-15-25(26)30-29(31)24-14-8-13-22-23-18-17-19-9-4-5-12-21(19)27(23)32-28(22)24;/h1-9,11,16-19,21-24H,12-15H2;1-13,15-18H;/q-2;-1;+3. The molecule has 0 aliphatic heterocycles. The molecular weight excluding hydrogens is 997 g/mol. The molecule has 0 atom stereocenters. The van der Waals surface area contributed by atoms with Gasteiger partial charge in [0.1, 0.15) is 5.58 Å². The van der Waals surface area contributed by atoms with Gasteiger partial charge < -0.3 is 19.0 Å². The van der Waals surface area contributed by atoms with E-state index in [1.807, 2.05) is 97.3 Å². The van der Waals surface area contributed by atoms with Crippen LogP contribution in [-0.2, 0) is 45.8 Å². The Morgan fingerprint density at radius 3 is 2.00 bits per heavy atom. The van der Waals surface area contributed by atoms with E-state index in [2.05, 4.69) is 148 Å². The maximum absolute atomic E-state index is 6.55. The van der Waals surface area contributed by atoms with Crippen LogP contribution in [0.25, 0.3) is 83.3 Å². The first-order valence-electron chi connectivity index (χ1n) is 22.4. The number of fused-ring (bicyclic) bond motifs is 6. The fourth-order valence-electron chi connectivity index (χ4n) is 8.76. The number of benzene rings is 8. The summed E-state index contributed by atoms with van der Waals surface area (Å²) in [6.07, 6.45) is 7.83. The number of nitrogens with zero attached hydrogens (tertiary/aromatic N) is 4. The molecule has 0 amide bonds. The summed E-state index contributed by atoms with van der Waals surface area (Å²) >= 11 is 0. The molecule has 0 fully saturated rings. The van der Waals surface area contributed by atoms with E-state index in [-0.39, 0.29) is 20.1 Å². The van der Waals surface area contributed by atoms with E-state index in [1.165, 1.54) is 27.6 Å². The van der Waals surface area contributed by atoms with Crippen LogP contribution in [-0.4, -0.2) is 19.5 Å². The van der Waals surface area contributed by atoms with Crippen LogP contribution in [0.15, 0.2) is 217 Å². The number of hydrogen-bond donors (Lipinski definition) is 0. The largest absolute Gasteiger partial charge is 3.00 e. The van der Waals surface area contributed by atoms with Gasteiger partial charge in [-0.05, 0) is 83.1 Å². The normalized spacial score (nSPS) is 11.1. The van der Waals surface area contributed by atoms with Crippen molar-refractivity contribution in [1.29, 1.82) is 0 Å². The first-order chi connectivity index (χ1) is 32.7. The maximum atomic E-state index is 6.55. The fourth-order valence-corrected chi connectivity index (χ4v) is 8.76. The van der Waals surface area contributed by atoms with Gasteiger partial charge in [-0.3, -0.25) is 4.98 Å². The van der Waals surface area contributed by atoms with Crippen molar-refractivity contribution < 1.29 is 24.5 Å². The zero-order valence-corrected chi connectivity index (χ0v) is 39.0. The van der Waals surface area contributed by atoms with Crippen molar-refractivity contribution in [2.75, 3.05) is 0 Å². The molecule has 12 aromatic rings. The van der Waals surface area contributed by atoms with Gasteiger partial charge in [-0.15, -0.1) is 89.5 Å². The summed E-state index contributed by atoms with van der Waals surface area (Å²) in [5.74, 6) is 0.825. The van der Waals surface area contributed by atoms with Gasteiger partial charge in [0.15, 0.2) is 0 Å². The number of furan rings is 1. The Morgan fingerprint density at radius 1 is 0.478 bits per heavy atom. The van der Waals surface area contributed by atoms with Crippen LogP contribution in [0.5, 0.6) is 0 Å². The molecule has 12 rings (SSSR count). The number of rotatable bonds is 10. The molecule has 0 saturated carbocycles. The molecule has 6 heteroatoms. The van der Waals surface area contributed by atoms with E-state index in [1.54, 1.807) is 0 Å². The zero-order valence-electron chi connectivity index (χ0n) is 36.6. The Morgan fingerprint density at radius 2 is 1.21 bits per heavy atom. The Hall–Kier alpha value is -7.76. The minimum absolute atomic E-state index is 0. The van der Waals surface area contributed by atoms with Crippen LogP contribution < -0.4 is 0 Å². The minimum atomic E-state index is 0. The van der Waals surface area contributed by atoms with E-state index < -0.39 is 0 Å². The van der Waals surface area contributed by atoms with Crippen LogP contribution in [0.2, 0.25) is 0 Å². The molecular formula is C61H43IrN4O. The van der Waals surface area contributed by atoms with Crippen LogP contribution in [0.4, 0.5) is 0 Å². The van der Waals surface area contributed by atoms with Gasteiger partial charge in [0.2, 0.25) is 0 Å². The molecule has 5 nitrogen and oxygen atoms in total. The van der Waals surface area contributed by atoms with Gasteiger partial charge in [0, 0.05) is 28.9 Å². The van der Waals surface area contributed by atoms with E-state index >= 15 is 0 Å². The monoisotopic (exact) mass is 1040 g/mol. The Balaban J connectivity index is 0.000000155. The number of pyridine rings is 2. The third-order valence-corrected chi connectivity index (χ3v) is 12.1. The molecule has 0 N–H and O–H groups in total. The average Bonchev–Trinajstić information content (AvgIpc) is 3.98. The number of para-hydroxylation sites is 3. The van der Waals surface area contributed by atoms with Crippen LogP contribution >= 0.6 is 0 Å². The first-order valence-corrected chi connectivity index (χ1v) is 22.4. The van der Waals surface area contributed by atoms with Crippen molar-refractivity contribution in [2.24, 2.45) is 0 Å². The molecule has 8 aromatic carbocycles. The van der Waals surface area contributed by atoms with Crippen molar-refractivity contribution >= 4 is 43.7 Å². The van der Waals surface area contributed by atoms with Crippen molar-refractivity contribution in [3.63, 3.8) is 0 Å². The predicted molar refractivity (Wildman–Crippen MR) is 268 cm³/mol. The van der Waals surface area contributed by atoms with Crippen LogP contribution in [0.3, 0.4) is 0 Å². The fraction of sp³-hybridized carbons (Fsp3) is 0.0656. The molecule has 0 aliphatic carbocycles. The van der Waals surface area contributed by atoms with Crippen molar-refractivity contribution in [2.45, 2.75) is 25.7 Å². The summed E-state index contributed by atoms with van der Waals surface area (Å²) in [4.78, 5) is 14.0. The summed E-state index contributed by atoms with van der Waals surface area (Å²) < 4.78 is 8.74. The summed E-state index contributed by atoms with van der Waals surface area (Å²) in [5.41, 5.74) is 14.9.